The SMILES string of the molecule is CC(c1ccccc1F)N(O)C(=O)Nc1ccc(S(=O)(=O)Cc2ccc3c(c2)CNC3)cc1.COCl. The third kappa shape index (κ3) is 6.80. The second kappa shape index (κ2) is 12.3. The van der Waals surface area contributed by atoms with E-state index in [2.05, 4.69) is 26.8 Å². The molecule has 0 aromatic heterocycles. The van der Waals surface area contributed by atoms with E-state index in [9.17, 15) is 22.8 Å². The number of halogens is 2. The van der Waals surface area contributed by atoms with Crippen LogP contribution < -0.4 is 10.6 Å². The topological polar surface area (TPSA) is 108 Å². The molecule has 4 rings (SSSR count). The van der Waals surface area contributed by atoms with Gasteiger partial charge in [0.25, 0.3) is 0 Å². The molecule has 1 heterocycles. The predicted octanol–water partition coefficient (Wildman–Crippen LogP) is 5.17. The Hall–Kier alpha value is -3.02. The van der Waals surface area contributed by atoms with Crippen LogP contribution in [0, 0.1) is 5.82 Å². The van der Waals surface area contributed by atoms with Gasteiger partial charge in [-0.05, 0) is 53.9 Å². The van der Waals surface area contributed by atoms with Crippen molar-refractivity contribution in [1.29, 1.82) is 0 Å². The van der Waals surface area contributed by atoms with E-state index >= 15 is 0 Å². The van der Waals surface area contributed by atoms with Crippen molar-refractivity contribution in [2.75, 3.05) is 12.4 Å². The summed E-state index contributed by atoms with van der Waals surface area (Å²) in [7, 11) is -2.19. The number of nitrogens with one attached hydrogen (secondary N) is 2. The van der Waals surface area contributed by atoms with E-state index in [1.807, 2.05) is 18.2 Å². The highest BCUT2D eigenvalue weighted by Gasteiger charge is 2.23. The van der Waals surface area contributed by atoms with Crippen LogP contribution in [0.4, 0.5) is 14.9 Å². The van der Waals surface area contributed by atoms with Crippen LogP contribution >= 0.6 is 11.9 Å². The average molecular weight is 536 g/mol. The molecule has 0 radical (unpaired) electrons. The van der Waals surface area contributed by atoms with Gasteiger partial charge in [-0.1, -0.05) is 36.4 Å². The lowest BCUT2D eigenvalue weighted by Crippen LogP contribution is -2.34. The molecule has 11 heteroatoms. The minimum atomic E-state index is -3.58. The van der Waals surface area contributed by atoms with Crippen LogP contribution in [0.2, 0.25) is 0 Å². The maximum atomic E-state index is 13.9. The Morgan fingerprint density at radius 2 is 1.78 bits per heavy atom. The highest BCUT2D eigenvalue weighted by Crippen LogP contribution is 2.24. The number of amides is 2. The third-order valence-corrected chi connectivity index (χ3v) is 7.36. The standard InChI is InChI=1S/C24H24FN3O4S.CH3ClO/c1-16(22-4-2-3-5-23(22)25)28(30)24(29)27-20-8-10-21(11-9-20)33(31,32)15-17-6-7-18-13-26-14-19(18)12-17;1-3-2/h2-12,16,26,30H,13-15H2,1H3,(H,27,29);1H3. The van der Waals surface area contributed by atoms with Crippen LogP contribution in [0.25, 0.3) is 0 Å². The largest absolute Gasteiger partial charge is 0.346 e. The van der Waals surface area contributed by atoms with Crippen LogP contribution in [0.1, 0.15) is 35.2 Å². The Kier molecular flexibility index (Phi) is 9.41. The fraction of sp³-hybridized carbons (Fsp3) is 0.240. The number of benzene rings is 3. The summed E-state index contributed by atoms with van der Waals surface area (Å²) >= 11 is 4.50. The van der Waals surface area contributed by atoms with E-state index in [4.69, 9.17) is 0 Å². The lowest BCUT2D eigenvalue weighted by Gasteiger charge is -2.23. The molecule has 3 N–H and O–H groups in total. The number of urea groups is 1. The van der Waals surface area contributed by atoms with E-state index in [1.165, 1.54) is 62.1 Å². The van der Waals surface area contributed by atoms with Crippen molar-refractivity contribution in [3.05, 3.63) is 94.8 Å². The molecule has 1 atom stereocenters. The maximum absolute atomic E-state index is 13.9. The number of nitrogens with zero attached hydrogens (tertiary/aromatic N) is 1. The first kappa shape index (κ1) is 27.6. The van der Waals surface area contributed by atoms with Gasteiger partial charge in [0.15, 0.2) is 9.84 Å². The van der Waals surface area contributed by atoms with Crippen molar-refractivity contribution in [3.63, 3.8) is 0 Å². The fourth-order valence-electron chi connectivity index (χ4n) is 3.79. The molecule has 192 valence electrons. The number of hydroxylamine groups is 2. The van der Waals surface area contributed by atoms with Gasteiger partial charge in [0.1, 0.15) is 5.82 Å². The smallest absolute Gasteiger partial charge is 0.309 e. The van der Waals surface area contributed by atoms with Crippen molar-refractivity contribution in [3.8, 4) is 0 Å². The van der Waals surface area contributed by atoms with Gasteiger partial charge in [-0.3, -0.25) is 9.50 Å². The molecule has 0 saturated carbocycles. The molecular formula is C25H27ClFN3O5S. The molecule has 0 bridgehead atoms. The molecule has 1 aliphatic rings. The lowest BCUT2D eigenvalue weighted by atomic mass is 10.1. The summed E-state index contributed by atoms with van der Waals surface area (Å²) in [5.74, 6) is -0.664. The molecule has 3 aromatic rings. The molecule has 0 spiro atoms. The van der Waals surface area contributed by atoms with Crippen LogP contribution in [-0.4, -0.2) is 31.8 Å². The molecule has 8 nitrogen and oxygen atoms in total. The monoisotopic (exact) mass is 535 g/mol. The zero-order valence-corrected chi connectivity index (χ0v) is 21.3. The van der Waals surface area contributed by atoms with E-state index in [0.29, 0.717) is 16.3 Å². The highest BCUT2D eigenvalue weighted by molar-refractivity contribution is 7.90. The Bertz CT molecular complexity index is 1310. The van der Waals surface area contributed by atoms with Gasteiger partial charge in [0.05, 0.1) is 35.7 Å². The quantitative estimate of drug-likeness (QED) is 0.297. The van der Waals surface area contributed by atoms with Gasteiger partial charge in [0, 0.05) is 24.3 Å². The number of rotatable bonds is 6. The van der Waals surface area contributed by atoms with E-state index < -0.39 is 27.7 Å². The summed E-state index contributed by atoms with van der Waals surface area (Å²) in [6, 6.07) is 15.4. The summed E-state index contributed by atoms with van der Waals surface area (Å²) in [6.45, 7) is 3.01. The number of fused-ring (bicyclic) bond motifs is 1. The zero-order valence-electron chi connectivity index (χ0n) is 19.7. The van der Waals surface area contributed by atoms with E-state index in [1.54, 1.807) is 6.07 Å². The first-order valence-electron chi connectivity index (χ1n) is 11.0. The van der Waals surface area contributed by atoms with Crippen LogP contribution in [0.15, 0.2) is 71.6 Å². The van der Waals surface area contributed by atoms with Crippen LogP contribution in [0.5, 0.6) is 0 Å². The summed E-state index contributed by atoms with van der Waals surface area (Å²) in [6.07, 6.45) is 0. The normalized spacial score (nSPS) is 13.2. The Balaban J connectivity index is 0.00000115. The Labute approximate surface area is 214 Å². The van der Waals surface area contributed by atoms with Crippen molar-refractivity contribution < 1.29 is 27.1 Å². The first-order valence-corrected chi connectivity index (χ1v) is 12.9. The van der Waals surface area contributed by atoms with E-state index in [0.717, 1.165) is 18.7 Å². The number of carbonyl (C=O) groups excluding carboxylic acids is 1. The van der Waals surface area contributed by atoms with Crippen LogP contribution in [-0.2, 0) is 33.0 Å². The van der Waals surface area contributed by atoms with Crippen molar-refractivity contribution in [1.82, 2.24) is 10.4 Å². The van der Waals surface area contributed by atoms with Gasteiger partial charge in [-0.2, -0.15) is 5.06 Å². The molecule has 1 aliphatic heterocycles. The van der Waals surface area contributed by atoms with Crippen molar-refractivity contribution in [2.24, 2.45) is 0 Å². The zero-order chi connectivity index (χ0) is 26.3. The minimum Gasteiger partial charge on any atom is -0.309 e. The first-order chi connectivity index (χ1) is 17.2. The van der Waals surface area contributed by atoms with Gasteiger partial charge in [-0.15, -0.1) is 0 Å². The molecule has 0 fully saturated rings. The minimum absolute atomic E-state index is 0.125. The summed E-state index contributed by atoms with van der Waals surface area (Å²) < 4.78 is 43.3. The fourth-order valence-corrected chi connectivity index (χ4v) is 5.12. The summed E-state index contributed by atoms with van der Waals surface area (Å²) in [5.41, 5.74) is 3.46. The molecule has 0 aliphatic carbocycles. The highest BCUT2D eigenvalue weighted by atomic mass is 35.5. The number of carbonyl (C=O) groups is 1. The average Bonchev–Trinajstić information content (AvgIpc) is 3.32. The third-order valence-electron chi connectivity index (χ3n) is 5.65. The number of hydrogen-bond donors (Lipinski definition) is 3. The van der Waals surface area contributed by atoms with Gasteiger partial charge in [-0.25, -0.2) is 17.6 Å². The number of hydrogen-bond acceptors (Lipinski definition) is 6. The van der Waals surface area contributed by atoms with Gasteiger partial charge >= 0.3 is 6.03 Å². The molecule has 3 aromatic carbocycles. The molecule has 1 unspecified atom stereocenters. The Morgan fingerprint density at radius 1 is 1.14 bits per heavy atom. The number of anilines is 1. The predicted molar refractivity (Wildman–Crippen MR) is 135 cm³/mol. The second-order valence-corrected chi connectivity index (χ2v) is 10.4. The van der Waals surface area contributed by atoms with Crippen LogP contribution in [0.3, 0.4) is 0 Å². The molecule has 0 saturated heterocycles. The Morgan fingerprint density at radius 3 is 2.44 bits per heavy atom. The molecule has 2 amide bonds. The van der Waals surface area contributed by atoms with Crippen molar-refractivity contribution >= 4 is 33.4 Å². The summed E-state index contributed by atoms with van der Waals surface area (Å²) in [5, 5.41) is 16.3. The summed E-state index contributed by atoms with van der Waals surface area (Å²) in [4.78, 5) is 12.5. The van der Waals surface area contributed by atoms with Crippen molar-refractivity contribution in [2.45, 2.75) is 36.7 Å². The number of sulfone groups is 1. The van der Waals surface area contributed by atoms with E-state index in [-0.39, 0.29) is 16.2 Å². The molecule has 36 heavy (non-hydrogen) atoms. The van der Waals surface area contributed by atoms with Gasteiger partial charge < -0.3 is 10.6 Å². The second-order valence-electron chi connectivity index (χ2n) is 8.12. The lowest BCUT2D eigenvalue weighted by molar-refractivity contribution is -0.0698. The molecular weight excluding hydrogens is 509 g/mol. The van der Waals surface area contributed by atoms with Gasteiger partial charge in [0.2, 0.25) is 0 Å². The maximum Gasteiger partial charge on any atom is 0.346 e.